The molecule has 8 nitrogen and oxygen atoms in total. The number of hydrogen-bond acceptors (Lipinski definition) is 6. The van der Waals surface area contributed by atoms with Gasteiger partial charge in [0.05, 0.1) is 30.6 Å². The van der Waals surface area contributed by atoms with E-state index in [9.17, 15) is 0 Å². The summed E-state index contributed by atoms with van der Waals surface area (Å²) >= 11 is 0. The monoisotopic (exact) mass is 349 g/mol. The van der Waals surface area contributed by atoms with Crippen LogP contribution in [0.15, 0.2) is 30.6 Å². The maximum Gasteiger partial charge on any atom is 0.241 e. The Balaban J connectivity index is 1.49. The van der Waals surface area contributed by atoms with Crippen molar-refractivity contribution >= 4 is 22.6 Å². The highest BCUT2D eigenvalue weighted by Gasteiger charge is 2.18. The summed E-state index contributed by atoms with van der Waals surface area (Å²) in [5.41, 5.74) is 4.60. The minimum atomic E-state index is 0.549. The normalized spacial score (nSPS) is 14.8. The Bertz CT molecular complexity index is 1110. The molecule has 0 spiro atoms. The molecule has 0 aliphatic carbocycles. The average Bonchev–Trinajstić information content (AvgIpc) is 3.14. The van der Waals surface area contributed by atoms with Gasteiger partial charge in [-0.3, -0.25) is 0 Å². The molecule has 5 rings (SSSR count). The van der Waals surface area contributed by atoms with Crippen molar-refractivity contribution in [1.82, 2.24) is 29.1 Å². The Hall–Kier alpha value is -3.00. The number of anilines is 1. The number of imidazole rings is 1. The van der Waals surface area contributed by atoms with Crippen LogP contribution in [0.1, 0.15) is 5.82 Å². The van der Waals surface area contributed by atoms with E-state index in [1.807, 2.05) is 53.6 Å². The van der Waals surface area contributed by atoms with Gasteiger partial charge < -0.3 is 14.6 Å². The molecule has 0 aromatic carbocycles. The molecule has 1 N–H and O–H groups in total. The second-order valence-electron chi connectivity index (χ2n) is 6.68. The number of aryl methyl sites for hydroxylation is 2. The molecule has 1 fully saturated rings. The number of fused-ring (bicyclic) bond motifs is 2. The van der Waals surface area contributed by atoms with Crippen molar-refractivity contribution < 1.29 is 4.74 Å². The Morgan fingerprint density at radius 2 is 2.12 bits per heavy atom. The smallest absolute Gasteiger partial charge is 0.241 e. The standard InChI is InChI=1S/C18H19N7O/c1-11-21-15-4-3-14(22-17(15)24(11)2)13-5-6-25-16(13)8-20-18(23-25)19-7-12-9-26-10-12/h3-6,8,12H,7,9-10H2,1-2H3,(H,19,23). The SMILES string of the molecule is Cc1nc2ccc(-c3ccn4nc(NCC5COC5)ncc34)nc2n1C. The Morgan fingerprint density at radius 3 is 2.92 bits per heavy atom. The molecule has 132 valence electrons. The fourth-order valence-corrected chi connectivity index (χ4v) is 3.16. The highest BCUT2D eigenvalue weighted by molar-refractivity contribution is 5.82. The van der Waals surface area contributed by atoms with Crippen LogP contribution in [0.4, 0.5) is 5.95 Å². The number of rotatable bonds is 4. The lowest BCUT2D eigenvalue weighted by molar-refractivity contribution is -0.0249. The fourth-order valence-electron chi connectivity index (χ4n) is 3.16. The molecule has 0 bridgehead atoms. The van der Waals surface area contributed by atoms with E-state index in [1.165, 1.54) is 0 Å². The van der Waals surface area contributed by atoms with Crippen molar-refractivity contribution in [3.63, 3.8) is 0 Å². The zero-order valence-electron chi connectivity index (χ0n) is 14.7. The Labute approximate surface area is 149 Å². The first-order valence-electron chi connectivity index (χ1n) is 8.65. The van der Waals surface area contributed by atoms with Gasteiger partial charge in [-0.25, -0.2) is 19.5 Å². The van der Waals surface area contributed by atoms with Crippen LogP contribution < -0.4 is 5.32 Å². The van der Waals surface area contributed by atoms with Crippen molar-refractivity contribution in [3.05, 3.63) is 36.4 Å². The quantitative estimate of drug-likeness (QED) is 0.607. The molecule has 1 saturated heterocycles. The van der Waals surface area contributed by atoms with E-state index in [2.05, 4.69) is 20.4 Å². The zero-order valence-corrected chi connectivity index (χ0v) is 14.7. The van der Waals surface area contributed by atoms with Crippen molar-refractivity contribution in [2.75, 3.05) is 25.1 Å². The molecule has 0 amide bonds. The minimum Gasteiger partial charge on any atom is -0.381 e. The third-order valence-electron chi connectivity index (χ3n) is 4.89. The van der Waals surface area contributed by atoms with Crippen LogP contribution in [0.3, 0.4) is 0 Å². The predicted molar refractivity (Wildman–Crippen MR) is 98.0 cm³/mol. The molecule has 0 unspecified atom stereocenters. The first kappa shape index (κ1) is 15.3. The van der Waals surface area contributed by atoms with Crippen LogP contribution in [-0.4, -0.2) is 48.9 Å². The average molecular weight is 349 g/mol. The van der Waals surface area contributed by atoms with Gasteiger partial charge >= 0.3 is 0 Å². The molecule has 0 atom stereocenters. The summed E-state index contributed by atoms with van der Waals surface area (Å²) in [5, 5.41) is 7.82. The van der Waals surface area contributed by atoms with E-state index < -0.39 is 0 Å². The Kier molecular flexibility index (Phi) is 3.39. The molecule has 1 aliphatic rings. The second kappa shape index (κ2) is 5.77. The van der Waals surface area contributed by atoms with E-state index in [0.29, 0.717) is 11.9 Å². The topological polar surface area (TPSA) is 82.2 Å². The van der Waals surface area contributed by atoms with Crippen LogP contribution in [0.5, 0.6) is 0 Å². The second-order valence-corrected chi connectivity index (χ2v) is 6.68. The number of ether oxygens (including phenoxy) is 1. The van der Waals surface area contributed by atoms with Gasteiger partial charge in [0.2, 0.25) is 5.95 Å². The highest BCUT2D eigenvalue weighted by Crippen LogP contribution is 2.26. The van der Waals surface area contributed by atoms with Gasteiger partial charge in [-0.15, -0.1) is 5.10 Å². The number of pyridine rings is 1. The molecule has 1 aliphatic heterocycles. The molecule has 0 saturated carbocycles. The number of aromatic nitrogens is 6. The summed E-state index contributed by atoms with van der Waals surface area (Å²) < 4.78 is 9.02. The van der Waals surface area contributed by atoms with Gasteiger partial charge in [0.25, 0.3) is 0 Å². The van der Waals surface area contributed by atoms with Gasteiger partial charge in [0.1, 0.15) is 11.3 Å². The predicted octanol–water partition coefficient (Wildman–Crippen LogP) is 2.04. The lowest BCUT2D eigenvalue weighted by Gasteiger charge is -2.25. The molecule has 4 aromatic heterocycles. The van der Waals surface area contributed by atoms with Gasteiger partial charge in [0, 0.05) is 31.3 Å². The first-order chi connectivity index (χ1) is 12.7. The number of nitrogens with zero attached hydrogens (tertiary/aromatic N) is 6. The molecule has 0 radical (unpaired) electrons. The molecular weight excluding hydrogens is 330 g/mol. The summed E-state index contributed by atoms with van der Waals surface area (Å²) in [6.45, 7) is 4.43. The van der Waals surface area contributed by atoms with Gasteiger partial charge in [-0.2, -0.15) is 0 Å². The summed E-state index contributed by atoms with van der Waals surface area (Å²) in [7, 11) is 1.98. The van der Waals surface area contributed by atoms with Crippen LogP contribution in [0.2, 0.25) is 0 Å². The van der Waals surface area contributed by atoms with Crippen LogP contribution in [-0.2, 0) is 11.8 Å². The first-order valence-corrected chi connectivity index (χ1v) is 8.65. The van der Waals surface area contributed by atoms with Crippen LogP contribution in [0, 0.1) is 12.8 Å². The lowest BCUT2D eigenvalue weighted by Crippen LogP contribution is -2.33. The van der Waals surface area contributed by atoms with E-state index in [-0.39, 0.29) is 0 Å². The van der Waals surface area contributed by atoms with Crippen LogP contribution >= 0.6 is 0 Å². The number of nitrogens with one attached hydrogen (secondary N) is 1. The van der Waals surface area contributed by atoms with E-state index in [1.54, 1.807) is 0 Å². The highest BCUT2D eigenvalue weighted by atomic mass is 16.5. The molecule has 5 heterocycles. The summed E-state index contributed by atoms with van der Waals surface area (Å²) in [5.74, 6) is 2.12. The van der Waals surface area contributed by atoms with Crippen molar-refractivity contribution in [2.45, 2.75) is 6.92 Å². The van der Waals surface area contributed by atoms with Crippen molar-refractivity contribution in [3.8, 4) is 11.3 Å². The summed E-state index contributed by atoms with van der Waals surface area (Å²) in [6, 6.07) is 6.02. The third-order valence-corrected chi connectivity index (χ3v) is 4.89. The van der Waals surface area contributed by atoms with Crippen molar-refractivity contribution in [1.29, 1.82) is 0 Å². The van der Waals surface area contributed by atoms with E-state index >= 15 is 0 Å². The van der Waals surface area contributed by atoms with Crippen molar-refractivity contribution in [2.24, 2.45) is 13.0 Å². The number of hydrogen-bond donors (Lipinski definition) is 1. The molecule has 8 heteroatoms. The van der Waals surface area contributed by atoms with Gasteiger partial charge in [0.15, 0.2) is 5.65 Å². The lowest BCUT2D eigenvalue weighted by atomic mass is 10.1. The van der Waals surface area contributed by atoms with E-state index in [4.69, 9.17) is 9.72 Å². The zero-order chi connectivity index (χ0) is 17.7. The van der Waals surface area contributed by atoms with Gasteiger partial charge in [-0.05, 0) is 25.1 Å². The summed E-state index contributed by atoms with van der Waals surface area (Å²) in [6.07, 6.45) is 3.77. The fraction of sp³-hybridized carbons (Fsp3) is 0.333. The summed E-state index contributed by atoms with van der Waals surface area (Å²) in [4.78, 5) is 13.8. The third kappa shape index (κ3) is 2.41. The minimum absolute atomic E-state index is 0.549. The molecule has 26 heavy (non-hydrogen) atoms. The van der Waals surface area contributed by atoms with E-state index in [0.717, 1.165) is 53.5 Å². The molecule has 4 aromatic rings. The maximum atomic E-state index is 5.19. The van der Waals surface area contributed by atoms with Gasteiger partial charge in [-0.1, -0.05) is 0 Å². The maximum absolute atomic E-state index is 5.19. The molecular formula is C18H19N7O. The van der Waals surface area contributed by atoms with Crippen LogP contribution in [0.25, 0.3) is 27.9 Å². The largest absolute Gasteiger partial charge is 0.381 e. The Morgan fingerprint density at radius 1 is 1.23 bits per heavy atom.